The van der Waals surface area contributed by atoms with Crippen LogP contribution in [-0.2, 0) is 36.7 Å². The van der Waals surface area contributed by atoms with Gasteiger partial charge in [0.1, 0.15) is 6.61 Å². The fourth-order valence-electron chi connectivity index (χ4n) is 2.60. The fourth-order valence-corrected chi connectivity index (χ4v) is 2.60. The van der Waals surface area contributed by atoms with Gasteiger partial charge in [-0.2, -0.15) is 5.10 Å². The van der Waals surface area contributed by atoms with Crippen molar-refractivity contribution < 1.29 is 9.53 Å². The van der Waals surface area contributed by atoms with Crippen LogP contribution in [0.25, 0.3) is 5.69 Å². The lowest BCUT2D eigenvalue weighted by atomic mass is 10.2. The van der Waals surface area contributed by atoms with E-state index in [9.17, 15) is 14.4 Å². The largest absolute Gasteiger partial charge is 0.459 e. The minimum Gasteiger partial charge on any atom is -0.459 e. The second kappa shape index (κ2) is 7.86. The number of rotatable bonds is 6. The molecule has 2 heterocycles. The van der Waals surface area contributed by atoms with E-state index >= 15 is 0 Å². The van der Waals surface area contributed by atoms with Gasteiger partial charge in [0, 0.05) is 32.8 Å². The summed E-state index contributed by atoms with van der Waals surface area (Å²) < 4.78 is 9.23. The fraction of sp³-hybridized carbons (Fsp3) is 0.263. The monoisotopic (exact) mass is 368 g/mol. The molecule has 8 nitrogen and oxygen atoms in total. The minimum absolute atomic E-state index is 0.121. The molecule has 140 valence electrons. The van der Waals surface area contributed by atoms with Crippen LogP contribution in [0.5, 0.6) is 0 Å². The Morgan fingerprint density at radius 2 is 1.85 bits per heavy atom. The molecule has 0 N–H and O–H groups in total. The standard InChI is InChI=1S/C19H20N4O4/c1-21-16(10-17(24)22(2)19(21)26)13-27-18(25)9-8-14-11-20-23(12-14)15-6-4-3-5-7-15/h3-7,10-12H,8-9,13H2,1-2H3. The lowest BCUT2D eigenvalue weighted by Crippen LogP contribution is -2.38. The van der Waals surface area contributed by atoms with Crippen LogP contribution >= 0.6 is 0 Å². The summed E-state index contributed by atoms with van der Waals surface area (Å²) in [6.45, 7) is -0.121. The van der Waals surface area contributed by atoms with Crippen molar-refractivity contribution in [1.82, 2.24) is 18.9 Å². The highest BCUT2D eigenvalue weighted by Gasteiger charge is 2.10. The Kier molecular flexibility index (Phi) is 5.35. The maximum absolute atomic E-state index is 12.0. The molecule has 0 aliphatic rings. The number of aryl methyl sites for hydroxylation is 1. The zero-order valence-electron chi connectivity index (χ0n) is 15.2. The van der Waals surface area contributed by atoms with Gasteiger partial charge in [-0.05, 0) is 24.1 Å². The van der Waals surface area contributed by atoms with Crippen molar-refractivity contribution in [2.75, 3.05) is 0 Å². The van der Waals surface area contributed by atoms with E-state index < -0.39 is 17.2 Å². The molecule has 0 spiro atoms. The lowest BCUT2D eigenvalue weighted by molar-refractivity contribution is -0.145. The molecular weight excluding hydrogens is 348 g/mol. The summed E-state index contributed by atoms with van der Waals surface area (Å²) in [4.78, 5) is 35.5. The maximum atomic E-state index is 12.0. The van der Waals surface area contributed by atoms with Crippen LogP contribution in [0.2, 0.25) is 0 Å². The van der Waals surface area contributed by atoms with Crippen molar-refractivity contribution in [1.29, 1.82) is 0 Å². The van der Waals surface area contributed by atoms with Gasteiger partial charge in [0.15, 0.2) is 0 Å². The molecule has 0 amide bonds. The van der Waals surface area contributed by atoms with Crippen LogP contribution in [-0.4, -0.2) is 24.9 Å². The van der Waals surface area contributed by atoms with Crippen LogP contribution in [0, 0.1) is 0 Å². The Labute approximate surface area is 155 Å². The summed E-state index contributed by atoms with van der Waals surface area (Å²) in [5.74, 6) is -0.407. The minimum atomic E-state index is -0.457. The van der Waals surface area contributed by atoms with Crippen LogP contribution in [0.4, 0.5) is 0 Å². The smallest absolute Gasteiger partial charge is 0.330 e. The van der Waals surface area contributed by atoms with E-state index in [-0.39, 0.29) is 13.0 Å². The number of esters is 1. The SMILES string of the molecule is Cn1c(COC(=O)CCc2cnn(-c3ccccc3)c2)cc(=O)n(C)c1=O. The van der Waals surface area contributed by atoms with Gasteiger partial charge < -0.3 is 4.74 Å². The summed E-state index contributed by atoms with van der Waals surface area (Å²) in [6.07, 6.45) is 4.25. The molecule has 0 aliphatic carbocycles. The predicted molar refractivity (Wildman–Crippen MR) is 98.6 cm³/mol. The summed E-state index contributed by atoms with van der Waals surface area (Å²) in [7, 11) is 2.93. The molecule has 0 aliphatic heterocycles. The average molecular weight is 368 g/mol. The van der Waals surface area contributed by atoms with E-state index in [4.69, 9.17) is 4.74 Å². The maximum Gasteiger partial charge on any atom is 0.330 e. The number of para-hydroxylation sites is 1. The van der Waals surface area contributed by atoms with Gasteiger partial charge >= 0.3 is 11.7 Å². The van der Waals surface area contributed by atoms with Crippen LogP contribution in [0.15, 0.2) is 58.4 Å². The van der Waals surface area contributed by atoms with Crippen molar-refractivity contribution >= 4 is 5.97 Å². The first-order valence-corrected chi connectivity index (χ1v) is 8.46. The summed E-state index contributed by atoms with van der Waals surface area (Å²) in [5, 5.41) is 4.29. The van der Waals surface area contributed by atoms with Gasteiger partial charge in [0.2, 0.25) is 0 Å². The van der Waals surface area contributed by atoms with Crippen molar-refractivity contribution in [3.05, 3.63) is 80.9 Å². The van der Waals surface area contributed by atoms with Crippen molar-refractivity contribution in [3.8, 4) is 5.69 Å². The second-order valence-corrected chi connectivity index (χ2v) is 6.16. The van der Waals surface area contributed by atoms with E-state index in [0.717, 1.165) is 15.8 Å². The van der Waals surface area contributed by atoms with Crippen molar-refractivity contribution in [3.63, 3.8) is 0 Å². The van der Waals surface area contributed by atoms with Crippen LogP contribution < -0.4 is 11.2 Å². The van der Waals surface area contributed by atoms with Crippen molar-refractivity contribution in [2.45, 2.75) is 19.4 Å². The number of benzene rings is 1. The molecule has 0 unspecified atom stereocenters. The molecule has 1 aromatic carbocycles. The predicted octanol–water partition coefficient (Wildman–Crippen LogP) is 0.946. The molecule has 0 saturated carbocycles. The van der Waals surface area contributed by atoms with Gasteiger partial charge in [-0.15, -0.1) is 0 Å². The number of ether oxygens (including phenoxy) is 1. The topological polar surface area (TPSA) is 88.1 Å². The Bertz CT molecular complexity index is 1060. The van der Waals surface area contributed by atoms with Crippen molar-refractivity contribution in [2.24, 2.45) is 14.1 Å². The molecule has 0 atom stereocenters. The third-order valence-corrected chi connectivity index (χ3v) is 4.28. The van der Waals surface area contributed by atoms with Gasteiger partial charge in [0.25, 0.3) is 5.56 Å². The third kappa shape index (κ3) is 4.22. The van der Waals surface area contributed by atoms with Crippen LogP contribution in [0.1, 0.15) is 17.7 Å². The molecular formula is C19H20N4O4. The summed E-state index contributed by atoms with van der Waals surface area (Å²) in [6, 6.07) is 11.0. The number of carbonyl (C=O) groups is 1. The zero-order valence-corrected chi connectivity index (χ0v) is 15.2. The molecule has 0 fully saturated rings. The Morgan fingerprint density at radius 3 is 2.59 bits per heavy atom. The highest BCUT2D eigenvalue weighted by atomic mass is 16.5. The molecule has 0 bridgehead atoms. The van der Waals surface area contributed by atoms with Gasteiger partial charge in [-0.25, -0.2) is 9.48 Å². The summed E-state index contributed by atoms with van der Waals surface area (Å²) in [5.41, 5.74) is 1.32. The van der Waals surface area contributed by atoms with E-state index in [1.54, 1.807) is 10.9 Å². The molecule has 0 saturated heterocycles. The molecule has 3 aromatic rings. The normalized spacial score (nSPS) is 10.7. The highest BCUT2D eigenvalue weighted by Crippen LogP contribution is 2.09. The first-order valence-electron chi connectivity index (χ1n) is 8.46. The Balaban J connectivity index is 1.56. The zero-order chi connectivity index (χ0) is 19.4. The van der Waals surface area contributed by atoms with E-state index in [1.807, 2.05) is 36.5 Å². The van der Waals surface area contributed by atoms with Gasteiger partial charge in [-0.1, -0.05) is 18.2 Å². The Hall–Kier alpha value is -3.42. The quantitative estimate of drug-likeness (QED) is 0.605. The van der Waals surface area contributed by atoms with E-state index in [2.05, 4.69) is 5.10 Å². The van der Waals surface area contributed by atoms with Gasteiger partial charge in [-0.3, -0.25) is 18.7 Å². The number of hydrogen-bond donors (Lipinski definition) is 0. The number of hydrogen-bond acceptors (Lipinski definition) is 5. The first-order chi connectivity index (χ1) is 13.0. The number of aromatic nitrogens is 4. The molecule has 3 rings (SSSR count). The summed E-state index contributed by atoms with van der Waals surface area (Å²) >= 11 is 0. The first kappa shape index (κ1) is 18.4. The van der Waals surface area contributed by atoms with Gasteiger partial charge in [0.05, 0.1) is 17.6 Å². The third-order valence-electron chi connectivity index (χ3n) is 4.28. The molecule has 0 radical (unpaired) electrons. The molecule has 2 aromatic heterocycles. The molecule has 27 heavy (non-hydrogen) atoms. The number of carbonyl (C=O) groups excluding carboxylic acids is 1. The Morgan fingerprint density at radius 1 is 1.11 bits per heavy atom. The van der Waals surface area contributed by atoms with E-state index in [1.165, 1.54) is 24.7 Å². The molecule has 8 heteroatoms. The average Bonchev–Trinajstić information content (AvgIpc) is 3.16. The van der Waals surface area contributed by atoms with Crippen LogP contribution in [0.3, 0.4) is 0 Å². The lowest BCUT2D eigenvalue weighted by Gasteiger charge is -2.09. The second-order valence-electron chi connectivity index (χ2n) is 6.16. The number of nitrogens with zero attached hydrogens (tertiary/aromatic N) is 4. The van der Waals surface area contributed by atoms with E-state index in [0.29, 0.717) is 12.1 Å². The highest BCUT2D eigenvalue weighted by molar-refractivity contribution is 5.69.